The molecule has 0 saturated carbocycles. The van der Waals surface area contributed by atoms with Crippen LogP contribution in [0.1, 0.15) is 37.6 Å². The zero-order valence-electron chi connectivity index (χ0n) is 11.7. The van der Waals surface area contributed by atoms with Crippen molar-refractivity contribution in [1.29, 1.82) is 0 Å². The molecule has 0 spiro atoms. The van der Waals surface area contributed by atoms with Gasteiger partial charge in [-0.2, -0.15) is 0 Å². The second kappa shape index (κ2) is 6.24. The molecule has 1 rings (SSSR count). The highest BCUT2D eigenvalue weighted by Gasteiger charge is 2.16. The zero-order chi connectivity index (χ0) is 15.6. The van der Waals surface area contributed by atoms with Crippen LogP contribution in [0.25, 0.3) is 0 Å². The molecular formula is C13H19BrN2O3S. The molecule has 112 valence electrons. The van der Waals surface area contributed by atoms with Gasteiger partial charge in [0.25, 0.3) is 5.91 Å². The van der Waals surface area contributed by atoms with Crippen molar-refractivity contribution >= 4 is 31.9 Å². The summed E-state index contributed by atoms with van der Waals surface area (Å²) in [6.07, 6.45) is 0.825. The molecule has 20 heavy (non-hydrogen) atoms. The van der Waals surface area contributed by atoms with Gasteiger partial charge in [0.1, 0.15) is 0 Å². The molecule has 1 aromatic rings. The number of sulfonamides is 1. The number of hydrogen-bond donors (Lipinski definition) is 2. The van der Waals surface area contributed by atoms with Crippen LogP contribution in [0.4, 0.5) is 0 Å². The van der Waals surface area contributed by atoms with E-state index in [1.807, 2.05) is 0 Å². The Morgan fingerprint density at radius 3 is 2.45 bits per heavy atom. The summed E-state index contributed by atoms with van der Waals surface area (Å²) in [5.74, 6) is -0.327. The molecule has 5 nitrogen and oxygen atoms in total. The van der Waals surface area contributed by atoms with Crippen LogP contribution in [0.2, 0.25) is 0 Å². The van der Waals surface area contributed by atoms with Crippen molar-refractivity contribution in [2.45, 2.75) is 32.1 Å². The van der Waals surface area contributed by atoms with E-state index in [9.17, 15) is 13.2 Å². The Bertz CT molecular complexity index is 607. The first-order chi connectivity index (χ1) is 9.00. The summed E-state index contributed by atoms with van der Waals surface area (Å²) in [7, 11) is -3.82. The lowest BCUT2D eigenvalue weighted by Crippen LogP contribution is -2.27. The third kappa shape index (κ3) is 5.22. The number of carbonyl (C=O) groups is 1. The summed E-state index contributed by atoms with van der Waals surface area (Å²) in [5, 5.41) is 7.83. The number of rotatable bonds is 4. The number of benzene rings is 1. The topological polar surface area (TPSA) is 89.3 Å². The molecule has 0 bridgehead atoms. The Labute approximate surface area is 128 Å². The first-order valence-corrected chi connectivity index (χ1v) is 8.45. The SMILES string of the molecule is CC(C)(C)CCNC(=O)c1cc(S(N)(=O)=O)ccc1Br. The molecular weight excluding hydrogens is 344 g/mol. The predicted molar refractivity (Wildman–Crippen MR) is 81.9 cm³/mol. The zero-order valence-corrected chi connectivity index (χ0v) is 14.1. The van der Waals surface area contributed by atoms with E-state index in [2.05, 4.69) is 42.0 Å². The molecule has 0 heterocycles. The Morgan fingerprint density at radius 1 is 1.35 bits per heavy atom. The molecule has 0 saturated heterocycles. The summed E-state index contributed by atoms with van der Waals surface area (Å²) in [5.41, 5.74) is 0.373. The lowest BCUT2D eigenvalue weighted by Gasteiger charge is -2.18. The van der Waals surface area contributed by atoms with Gasteiger partial charge in [0.05, 0.1) is 10.5 Å². The number of halogens is 1. The van der Waals surface area contributed by atoms with Crippen LogP contribution < -0.4 is 10.5 Å². The summed E-state index contributed by atoms with van der Waals surface area (Å²) in [6, 6.07) is 4.12. The Balaban J connectivity index is 2.88. The fourth-order valence-electron chi connectivity index (χ4n) is 1.50. The van der Waals surface area contributed by atoms with Crippen LogP contribution in [-0.2, 0) is 10.0 Å². The van der Waals surface area contributed by atoms with Crippen LogP contribution in [0.5, 0.6) is 0 Å². The van der Waals surface area contributed by atoms with E-state index >= 15 is 0 Å². The largest absolute Gasteiger partial charge is 0.352 e. The van der Waals surface area contributed by atoms with Gasteiger partial charge in [0.2, 0.25) is 10.0 Å². The lowest BCUT2D eigenvalue weighted by atomic mass is 9.92. The van der Waals surface area contributed by atoms with Crippen LogP contribution in [0.3, 0.4) is 0 Å². The van der Waals surface area contributed by atoms with Crippen molar-refractivity contribution in [2.24, 2.45) is 10.6 Å². The molecule has 0 aromatic heterocycles. The lowest BCUT2D eigenvalue weighted by molar-refractivity contribution is 0.0948. The van der Waals surface area contributed by atoms with Crippen molar-refractivity contribution < 1.29 is 13.2 Å². The van der Waals surface area contributed by atoms with Gasteiger partial charge in [0.15, 0.2) is 0 Å². The number of primary sulfonamides is 1. The van der Waals surface area contributed by atoms with Gasteiger partial charge in [-0.15, -0.1) is 0 Å². The average molecular weight is 363 g/mol. The van der Waals surface area contributed by atoms with Crippen LogP contribution in [-0.4, -0.2) is 20.9 Å². The van der Waals surface area contributed by atoms with Crippen LogP contribution in [0.15, 0.2) is 27.6 Å². The van der Waals surface area contributed by atoms with Crippen molar-refractivity contribution in [1.82, 2.24) is 5.32 Å². The van der Waals surface area contributed by atoms with E-state index in [1.165, 1.54) is 18.2 Å². The van der Waals surface area contributed by atoms with E-state index in [0.29, 0.717) is 11.0 Å². The highest BCUT2D eigenvalue weighted by molar-refractivity contribution is 9.10. The number of nitrogens with one attached hydrogen (secondary N) is 1. The normalized spacial score (nSPS) is 12.2. The van der Waals surface area contributed by atoms with Crippen LogP contribution in [0, 0.1) is 5.41 Å². The first-order valence-electron chi connectivity index (χ1n) is 6.11. The van der Waals surface area contributed by atoms with E-state index in [-0.39, 0.29) is 21.8 Å². The summed E-state index contributed by atoms with van der Waals surface area (Å²) >= 11 is 3.23. The van der Waals surface area contributed by atoms with E-state index in [1.54, 1.807) is 0 Å². The molecule has 3 N–H and O–H groups in total. The van der Waals surface area contributed by atoms with Crippen molar-refractivity contribution in [2.75, 3.05) is 6.54 Å². The average Bonchev–Trinajstić information content (AvgIpc) is 2.25. The van der Waals surface area contributed by atoms with Gasteiger partial charge in [-0.25, -0.2) is 13.6 Å². The fraction of sp³-hybridized carbons (Fsp3) is 0.462. The molecule has 7 heteroatoms. The van der Waals surface area contributed by atoms with Crippen molar-refractivity contribution in [3.05, 3.63) is 28.2 Å². The number of nitrogens with two attached hydrogens (primary N) is 1. The van der Waals surface area contributed by atoms with Gasteiger partial charge in [-0.1, -0.05) is 20.8 Å². The van der Waals surface area contributed by atoms with E-state index in [0.717, 1.165) is 6.42 Å². The van der Waals surface area contributed by atoms with Crippen molar-refractivity contribution in [3.63, 3.8) is 0 Å². The van der Waals surface area contributed by atoms with Gasteiger partial charge < -0.3 is 5.32 Å². The second-order valence-electron chi connectivity index (χ2n) is 5.75. The maximum Gasteiger partial charge on any atom is 0.252 e. The molecule has 0 atom stereocenters. The third-order valence-corrected chi connectivity index (χ3v) is 4.27. The maximum atomic E-state index is 12.1. The summed E-state index contributed by atoms with van der Waals surface area (Å²) < 4.78 is 23.1. The Morgan fingerprint density at radius 2 is 1.95 bits per heavy atom. The molecule has 0 fully saturated rings. The second-order valence-corrected chi connectivity index (χ2v) is 8.17. The van der Waals surface area contributed by atoms with Crippen LogP contribution >= 0.6 is 15.9 Å². The highest BCUT2D eigenvalue weighted by atomic mass is 79.9. The first kappa shape index (κ1) is 17.1. The summed E-state index contributed by atoms with van der Waals surface area (Å²) in [4.78, 5) is 12.0. The smallest absolute Gasteiger partial charge is 0.252 e. The molecule has 1 aromatic carbocycles. The minimum Gasteiger partial charge on any atom is -0.352 e. The number of amides is 1. The molecule has 0 aliphatic heterocycles. The summed E-state index contributed by atoms with van der Waals surface area (Å²) in [6.45, 7) is 6.76. The Kier molecular flexibility index (Phi) is 5.34. The van der Waals surface area contributed by atoms with Gasteiger partial charge in [0, 0.05) is 11.0 Å². The highest BCUT2D eigenvalue weighted by Crippen LogP contribution is 2.21. The predicted octanol–water partition coefficient (Wildman–Crippen LogP) is 2.26. The van der Waals surface area contributed by atoms with Gasteiger partial charge in [-0.3, -0.25) is 4.79 Å². The third-order valence-electron chi connectivity index (χ3n) is 2.67. The minimum atomic E-state index is -3.82. The monoisotopic (exact) mass is 362 g/mol. The molecule has 0 aliphatic rings. The van der Waals surface area contributed by atoms with Gasteiger partial charge in [-0.05, 0) is 46.0 Å². The number of hydrogen-bond acceptors (Lipinski definition) is 3. The quantitative estimate of drug-likeness (QED) is 0.860. The van der Waals surface area contributed by atoms with E-state index < -0.39 is 10.0 Å². The minimum absolute atomic E-state index is 0.0818. The maximum absolute atomic E-state index is 12.1. The Hall–Kier alpha value is -0.920. The van der Waals surface area contributed by atoms with E-state index in [4.69, 9.17) is 5.14 Å². The van der Waals surface area contributed by atoms with Gasteiger partial charge >= 0.3 is 0 Å². The molecule has 1 amide bonds. The molecule has 0 aliphatic carbocycles. The molecule has 0 unspecified atom stereocenters. The van der Waals surface area contributed by atoms with Crippen molar-refractivity contribution in [3.8, 4) is 0 Å². The number of carbonyl (C=O) groups excluding carboxylic acids is 1. The molecule has 0 radical (unpaired) electrons. The standard InChI is InChI=1S/C13H19BrN2O3S/c1-13(2,3)6-7-16-12(17)10-8-9(20(15,18)19)4-5-11(10)14/h4-5,8H,6-7H2,1-3H3,(H,16,17)(H2,15,18,19). The fourth-order valence-corrected chi connectivity index (χ4v) is 2.47.